The van der Waals surface area contributed by atoms with Crippen molar-refractivity contribution < 1.29 is 13.5 Å². The Morgan fingerprint density at radius 1 is 1.09 bits per heavy atom. The van der Waals surface area contributed by atoms with Crippen LogP contribution in [0, 0.1) is 0 Å². The molecular formula is C14H12F2N6O. The van der Waals surface area contributed by atoms with Crippen LogP contribution in [0.25, 0.3) is 0 Å². The lowest BCUT2D eigenvalue weighted by atomic mass is 10.4. The average Bonchev–Trinajstić information content (AvgIpc) is 2.99. The van der Waals surface area contributed by atoms with E-state index in [1.807, 2.05) is 0 Å². The molecule has 3 heterocycles. The maximum Gasteiger partial charge on any atom is 0.333 e. The molecule has 3 rings (SSSR count). The molecule has 0 aromatic carbocycles. The number of alkyl halides is 2. The molecule has 0 saturated carbocycles. The van der Waals surface area contributed by atoms with Crippen LogP contribution in [0.15, 0.2) is 48.9 Å². The molecule has 0 fully saturated rings. The number of nitrogen functional groups attached to an aromatic ring is 1. The summed E-state index contributed by atoms with van der Waals surface area (Å²) >= 11 is 0. The van der Waals surface area contributed by atoms with Crippen molar-refractivity contribution in [2.45, 2.75) is 6.55 Å². The van der Waals surface area contributed by atoms with E-state index in [-0.39, 0.29) is 5.82 Å². The molecule has 118 valence electrons. The third kappa shape index (κ3) is 3.70. The van der Waals surface area contributed by atoms with E-state index < -0.39 is 6.55 Å². The third-order valence-electron chi connectivity index (χ3n) is 2.79. The lowest BCUT2D eigenvalue weighted by Gasteiger charge is -2.07. The smallest absolute Gasteiger partial charge is 0.333 e. The molecule has 0 aliphatic rings. The number of pyridine rings is 2. The normalized spacial score (nSPS) is 10.7. The summed E-state index contributed by atoms with van der Waals surface area (Å²) in [5, 5.41) is 6.50. The maximum atomic E-state index is 12.5. The van der Waals surface area contributed by atoms with Crippen LogP contribution in [-0.4, -0.2) is 19.7 Å². The Balaban J connectivity index is 1.72. The summed E-state index contributed by atoms with van der Waals surface area (Å²) in [4.78, 5) is 8.00. The summed E-state index contributed by atoms with van der Waals surface area (Å²) in [6.07, 6.45) is 4.19. The van der Waals surface area contributed by atoms with Gasteiger partial charge in [0.2, 0.25) is 0 Å². The van der Waals surface area contributed by atoms with Gasteiger partial charge in [0, 0.05) is 24.5 Å². The van der Waals surface area contributed by atoms with Crippen molar-refractivity contribution in [2.75, 3.05) is 11.1 Å². The molecule has 0 spiro atoms. The second-order valence-corrected chi connectivity index (χ2v) is 4.48. The predicted molar refractivity (Wildman–Crippen MR) is 79.7 cm³/mol. The highest BCUT2D eigenvalue weighted by Gasteiger charge is 2.08. The molecule has 0 aliphatic heterocycles. The lowest BCUT2D eigenvalue weighted by molar-refractivity contribution is 0.0569. The predicted octanol–water partition coefficient (Wildman–Crippen LogP) is 3.19. The Kier molecular flexibility index (Phi) is 4.00. The van der Waals surface area contributed by atoms with Gasteiger partial charge in [-0.3, -0.25) is 0 Å². The summed E-state index contributed by atoms with van der Waals surface area (Å²) in [7, 11) is 0. The quantitative estimate of drug-likeness (QED) is 0.751. The van der Waals surface area contributed by atoms with Gasteiger partial charge in [0.05, 0.1) is 6.20 Å². The van der Waals surface area contributed by atoms with Gasteiger partial charge in [0.25, 0.3) is 0 Å². The molecule has 0 amide bonds. The monoisotopic (exact) mass is 318 g/mol. The van der Waals surface area contributed by atoms with Gasteiger partial charge in [-0.25, -0.2) is 14.6 Å². The summed E-state index contributed by atoms with van der Waals surface area (Å²) in [5.74, 6) is 2.07. The highest BCUT2D eigenvalue weighted by Crippen LogP contribution is 2.24. The van der Waals surface area contributed by atoms with Crippen LogP contribution in [0.5, 0.6) is 11.5 Å². The first-order valence-electron chi connectivity index (χ1n) is 6.56. The molecule has 3 N–H and O–H groups in total. The summed E-state index contributed by atoms with van der Waals surface area (Å²) in [5.41, 5.74) is 5.50. The van der Waals surface area contributed by atoms with E-state index in [2.05, 4.69) is 20.4 Å². The van der Waals surface area contributed by atoms with Crippen LogP contribution in [0.1, 0.15) is 6.55 Å². The number of halogens is 2. The van der Waals surface area contributed by atoms with Crippen molar-refractivity contribution in [3.63, 3.8) is 0 Å². The van der Waals surface area contributed by atoms with Crippen molar-refractivity contribution >= 4 is 17.5 Å². The van der Waals surface area contributed by atoms with Gasteiger partial charge in [-0.1, -0.05) is 0 Å². The van der Waals surface area contributed by atoms with E-state index in [1.165, 1.54) is 24.7 Å². The van der Waals surface area contributed by atoms with Crippen molar-refractivity contribution in [3.05, 3.63) is 48.9 Å². The standard InChI is InChI=1S/C14H12F2N6O/c15-14(16)22-6-4-12(21-22)20-13-7-9(3-5-18-13)23-10-1-2-11(17)19-8-10/h1-8,14H,(H2,17,19)(H,18,20,21). The molecule has 7 nitrogen and oxygen atoms in total. The fraction of sp³-hybridized carbons (Fsp3) is 0.0714. The highest BCUT2D eigenvalue weighted by molar-refractivity contribution is 5.53. The lowest BCUT2D eigenvalue weighted by Crippen LogP contribution is -2.00. The summed E-state index contributed by atoms with van der Waals surface area (Å²) in [6, 6.07) is 7.98. The second-order valence-electron chi connectivity index (χ2n) is 4.48. The fourth-order valence-corrected chi connectivity index (χ4v) is 1.78. The number of hydrogen-bond acceptors (Lipinski definition) is 6. The molecule has 0 atom stereocenters. The number of aromatic nitrogens is 4. The van der Waals surface area contributed by atoms with Gasteiger partial charge < -0.3 is 15.8 Å². The van der Waals surface area contributed by atoms with Gasteiger partial charge in [-0.2, -0.15) is 13.9 Å². The second kappa shape index (κ2) is 6.26. The van der Waals surface area contributed by atoms with E-state index in [0.717, 1.165) is 0 Å². The molecule has 9 heteroatoms. The Labute approximate surface area is 129 Å². The van der Waals surface area contributed by atoms with Crippen LogP contribution in [0.2, 0.25) is 0 Å². The molecule has 0 radical (unpaired) electrons. The van der Waals surface area contributed by atoms with E-state index in [0.29, 0.717) is 27.8 Å². The highest BCUT2D eigenvalue weighted by atomic mass is 19.3. The van der Waals surface area contributed by atoms with Crippen molar-refractivity contribution in [1.82, 2.24) is 19.7 Å². The zero-order valence-electron chi connectivity index (χ0n) is 11.7. The van der Waals surface area contributed by atoms with E-state index in [9.17, 15) is 8.78 Å². The van der Waals surface area contributed by atoms with Crippen LogP contribution < -0.4 is 15.8 Å². The SMILES string of the molecule is Nc1ccc(Oc2ccnc(Nc3ccn(C(F)F)n3)c2)cn1. The zero-order valence-corrected chi connectivity index (χ0v) is 11.7. The van der Waals surface area contributed by atoms with Crippen molar-refractivity contribution in [3.8, 4) is 11.5 Å². The first-order chi connectivity index (χ1) is 11.1. The Hall–Kier alpha value is -3.23. The van der Waals surface area contributed by atoms with Gasteiger partial charge in [-0.15, -0.1) is 0 Å². The molecule has 3 aromatic rings. The number of hydrogen-bond donors (Lipinski definition) is 2. The first kappa shape index (κ1) is 14.7. The molecule has 0 saturated heterocycles. The van der Waals surface area contributed by atoms with Crippen LogP contribution in [0.3, 0.4) is 0 Å². The molecule has 3 aromatic heterocycles. The topological polar surface area (TPSA) is 90.9 Å². The molecule has 23 heavy (non-hydrogen) atoms. The van der Waals surface area contributed by atoms with Gasteiger partial charge in [0.1, 0.15) is 23.1 Å². The molecule has 0 bridgehead atoms. The number of anilines is 3. The molecular weight excluding hydrogens is 306 g/mol. The number of rotatable bonds is 5. The van der Waals surface area contributed by atoms with Crippen LogP contribution in [0.4, 0.5) is 26.2 Å². The summed E-state index contributed by atoms with van der Waals surface area (Å²) in [6.45, 7) is -2.69. The Morgan fingerprint density at radius 2 is 1.96 bits per heavy atom. The van der Waals surface area contributed by atoms with Gasteiger partial charge in [-0.05, 0) is 18.2 Å². The summed E-state index contributed by atoms with van der Waals surface area (Å²) < 4.78 is 31.1. The Morgan fingerprint density at radius 3 is 2.65 bits per heavy atom. The number of nitrogens with zero attached hydrogens (tertiary/aromatic N) is 4. The number of nitrogens with one attached hydrogen (secondary N) is 1. The largest absolute Gasteiger partial charge is 0.456 e. The van der Waals surface area contributed by atoms with Crippen LogP contribution >= 0.6 is 0 Å². The van der Waals surface area contributed by atoms with E-state index >= 15 is 0 Å². The zero-order chi connectivity index (χ0) is 16.2. The first-order valence-corrected chi connectivity index (χ1v) is 6.56. The van der Waals surface area contributed by atoms with Gasteiger partial charge >= 0.3 is 6.55 Å². The van der Waals surface area contributed by atoms with Gasteiger partial charge in [0.15, 0.2) is 5.82 Å². The minimum absolute atomic E-state index is 0.254. The van der Waals surface area contributed by atoms with Crippen molar-refractivity contribution in [2.24, 2.45) is 0 Å². The van der Waals surface area contributed by atoms with Crippen LogP contribution in [-0.2, 0) is 0 Å². The average molecular weight is 318 g/mol. The fourth-order valence-electron chi connectivity index (χ4n) is 1.78. The number of ether oxygens (including phenoxy) is 1. The minimum atomic E-state index is -2.69. The van der Waals surface area contributed by atoms with Crippen molar-refractivity contribution in [1.29, 1.82) is 0 Å². The Bertz CT molecular complexity index is 790. The third-order valence-corrected chi connectivity index (χ3v) is 2.79. The molecule has 0 unspecified atom stereocenters. The van der Waals surface area contributed by atoms with E-state index in [4.69, 9.17) is 10.5 Å². The minimum Gasteiger partial charge on any atom is -0.456 e. The maximum absolute atomic E-state index is 12.5. The number of nitrogens with two attached hydrogens (primary N) is 1. The van der Waals surface area contributed by atoms with E-state index in [1.54, 1.807) is 24.3 Å². The molecule has 0 aliphatic carbocycles.